The SMILES string of the molecule is COc1ccc(NC(=O)c2cc3sccc3n2C2CCCC2)cc1Cl. The predicted molar refractivity (Wildman–Crippen MR) is 103 cm³/mol. The van der Waals surface area contributed by atoms with E-state index in [0.717, 1.165) is 28.8 Å². The van der Waals surface area contributed by atoms with Gasteiger partial charge in [-0.05, 0) is 48.6 Å². The molecular weight excluding hydrogens is 356 g/mol. The molecule has 0 bridgehead atoms. The summed E-state index contributed by atoms with van der Waals surface area (Å²) in [6.07, 6.45) is 4.72. The summed E-state index contributed by atoms with van der Waals surface area (Å²) in [4.78, 5) is 12.9. The fourth-order valence-electron chi connectivity index (χ4n) is 3.61. The molecule has 25 heavy (non-hydrogen) atoms. The van der Waals surface area contributed by atoms with Crippen LogP contribution in [0.3, 0.4) is 0 Å². The van der Waals surface area contributed by atoms with Gasteiger partial charge in [0.05, 0.1) is 22.3 Å². The molecule has 0 saturated heterocycles. The Kier molecular flexibility index (Phi) is 4.44. The monoisotopic (exact) mass is 374 g/mol. The van der Waals surface area contributed by atoms with Crippen LogP contribution in [0.2, 0.25) is 5.02 Å². The van der Waals surface area contributed by atoms with Gasteiger partial charge in [-0.15, -0.1) is 11.3 Å². The quantitative estimate of drug-likeness (QED) is 0.633. The number of rotatable bonds is 4. The van der Waals surface area contributed by atoms with Gasteiger partial charge in [0, 0.05) is 11.7 Å². The summed E-state index contributed by atoms with van der Waals surface area (Å²) in [5.41, 5.74) is 2.55. The molecular formula is C19H19ClN2O2S. The maximum Gasteiger partial charge on any atom is 0.272 e. The van der Waals surface area contributed by atoms with E-state index in [2.05, 4.69) is 21.3 Å². The van der Waals surface area contributed by atoms with Crippen LogP contribution in [0.25, 0.3) is 10.2 Å². The van der Waals surface area contributed by atoms with E-state index >= 15 is 0 Å². The van der Waals surface area contributed by atoms with Crippen LogP contribution in [-0.4, -0.2) is 17.6 Å². The first-order valence-corrected chi connectivity index (χ1v) is 9.66. The van der Waals surface area contributed by atoms with Crippen LogP contribution in [0.4, 0.5) is 5.69 Å². The Morgan fingerprint density at radius 1 is 1.28 bits per heavy atom. The van der Waals surface area contributed by atoms with Crippen LogP contribution in [0.5, 0.6) is 5.75 Å². The molecule has 1 saturated carbocycles. The topological polar surface area (TPSA) is 43.3 Å². The highest BCUT2D eigenvalue weighted by Crippen LogP contribution is 2.37. The molecule has 0 spiro atoms. The number of methoxy groups -OCH3 is 1. The van der Waals surface area contributed by atoms with Crippen molar-refractivity contribution < 1.29 is 9.53 Å². The molecule has 1 aliphatic carbocycles. The second-order valence-corrected chi connectivity index (χ2v) is 7.67. The van der Waals surface area contributed by atoms with E-state index < -0.39 is 0 Å². The Labute approximate surface area is 155 Å². The first-order valence-electron chi connectivity index (χ1n) is 8.40. The summed E-state index contributed by atoms with van der Waals surface area (Å²) in [6.45, 7) is 0. The zero-order valence-corrected chi connectivity index (χ0v) is 15.5. The average Bonchev–Trinajstić information content (AvgIpc) is 3.31. The minimum absolute atomic E-state index is 0.100. The van der Waals surface area contributed by atoms with Gasteiger partial charge >= 0.3 is 0 Å². The highest BCUT2D eigenvalue weighted by Gasteiger charge is 2.25. The average molecular weight is 375 g/mol. The van der Waals surface area contributed by atoms with Gasteiger partial charge in [0.25, 0.3) is 5.91 Å². The molecule has 1 fully saturated rings. The summed E-state index contributed by atoms with van der Waals surface area (Å²) in [5.74, 6) is 0.492. The van der Waals surface area contributed by atoms with Gasteiger partial charge in [-0.2, -0.15) is 0 Å². The smallest absolute Gasteiger partial charge is 0.272 e. The van der Waals surface area contributed by atoms with Crippen LogP contribution in [0.15, 0.2) is 35.7 Å². The molecule has 1 aliphatic rings. The number of ether oxygens (including phenoxy) is 1. The Bertz CT molecular complexity index is 925. The number of anilines is 1. The number of carbonyl (C=O) groups is 1. The van der Waals surface area contributed by atoms with Crippen molar-refractivity contribution in [1.29, 1.82) is 0 Å². The third-order valence-corrected chi connectivity index (χ3v) is 5.94. The maximum atomic E-state index is 12.9. The molecule has 1 amide bonds. The van der Waals surface area contributed by atoms with Crippen LogP contribution in [0.1, 0.15) is 42.2 Å². The summed E-state index contributed by atoms with van der Waals surface area (Å²) >= 11 is 7.83. The summed E-state index contributed by atoms with van der Waals surface area (Å²) in [6, 6.07) is 9.79. The number of hydrogen-bond donors (Lipinski definition) is 1. The van der Waals surface area contributed by atoms with Crippen molar-refractivity contribution in [3.05, 3.63) is 46.4 Å². The molecule has 2 heterocycles. The number of hydrogen-bond acceptors (Lipinski definition) is 3. The number of amides is 1. The third kappa shape index (κ3) is 3.02. The lowest BCUT2D eigenvalue weighted by molar-refractivity contribution is 0.101. The minimum atomic E-state index is -0.100. The third-order valence-electron chi connectivity index (χ3n) is 4.79. The van der Waals surface area contributed by atoms with Crippen LogP contribution in [-0.2, 0) is 0 Å². The van der Waals surface area contributed by atoms with Crippen molar-refractivity contribution in [2.75, 3.05) is 12.4 Å². The van der Waals surface area contributed by atoms with Crippen LogP contribution < -0.4 is 10.1 Å². The van der Waals surface area contributed by atoms with Crippen molar-refractivity contribution >= 4 is 44.7 Å². The number of benzene rings is 1. The number of fused-ring (bicyclic) bond motifs is 1. The molecule has 0 radical (unpaired) electrons. The molecule has 0 aliphatic heterocycles. The molecule has 0 atom stereocenters. The molecule has 2 aromatic heterocycles. The van der Waals surface area contributed by atoms with Crippen molar-refractivity contribution in [1.82, 2.24) is 4.57 Å². The zero-order valence-electron chi connectivity index (χ0n) is 13.9. The Morgan fingerprint density at radius 2 is 2.08 bits per heavy atom. The normalized spacial score (nSPS) is 15.0. The lowest BCUT2D eigenvalue weighted by Gasteiger charge is -2.17. The second-order valence-electron chi connectivity index (χ2n) is 6.31. The van der Waals surface area contributed by atoms with E-state index in [1.807, 2.05) is 6.07 Å². The highest BCUT2D eigenvalue weighted by molar-refractivity contribution is 7.17. The molecule has 0 unspecified atom stereocenters. The molecule has 6 heteroatoms. The molecule has 130 valence electrons. The van der Waals surface area contributed by atoms with Gasteiger partial charge in [-0.25, -0.2) is 0 Å². The van der Waals surface area contributed by atoms with Gasteiger partial charge in [-0.1, -0.05) is 24.4 Å². The van der Waals surface area contributed by atoms with Crippen molar-refractivity contribution in [3.8, 4) is 5.75 Å². The van der Waals surface area contributed by atoms with Gasteiger partial charge in [0.15, 0.2) is 0 Å². The lowest BCUT2D eigenvalue weighted by atomic mass is 10.2. The number of nitrogens with zero attached hydrogens (tertiary/aromatic N) is 1. The van der Waals surface area contributed by atoms with Crippen molar-refractivity contribution in [3.63, 3.8) is 0 Å². The van der Waals surface area contributed by atoms with E-state index in [1.54, 1.807) is 36.6 Å². The molecule has 4 nitrogen and oxygen atoms in total. The number of thiophene rings is 1. The first-order chi connectivity index (χ1) is 12.2. The lowest BCUT2D eigenvalue weighted by Crippen LogP contribution is -2.19. The molecule has 1 aromatic carbocycles. The van der Waals surface area contributed by atoms with Crippen LogP contribution in [0, 0.1) is 0 Å². The predicted octanol–water partition coefficient (Wildman–Crippen LogP) is 5.73. The Hall–Kier alpha value is -1.98. The Balaban J connectivity index is 1.67. The van der Waals surface area contributed by atoms with E-state index in [9.17, 15) is 4.79 Å². The van der Waals surface area contributed by atoms with Gasteiger partial charge in [-0.3, -0.25) is 4.79 Å². The van der Waals surface area contributed by atoms with Gasteiger partial charge in [0.1, 0.15) is 11.4 Å². The molecule has 1 N–H and O–H groups in total. The number of nitrogens with one attached hydrogen (secondary N) is 1. The highest BCUT2D eigenvalue weighted by atomic mass is 35.5. The number of aromatic nitrogens is 1. The summed E-state index contributed by atoms with van der Waals surface area (Å²) in [7, 11) is 1.57. The van der Waals surface area contributed by atoms with E-state index in [1.165, 1.54) is 12.8 Å². The van der Waals surface area contributed by atoms with E-state index in [-0.39, 0.29) is 5.91 Å². The van der Waals surface area contributed by atoms with Gasteiger partial charge in [0.2, 0.25) is 0 Å². The minimum Gasteiger partial charge on any atom is -0.495 e. The zero-order chi connectivity index (χ0) is 17.4. The van der Waals surface area contributed by atoms with Crippen molar-refractivity contribution in [2.24, 2.45) is 0 Å². The van der Waals surface area contributed by atoms with E-state index in [0.29, 0.717) is 22.5 Å². The fraction of sp³-hybridized carbons (Fsp3) is 0.316. The number of carbonyl (C=O) groups excluding carboxylic acids is 1. The standard InChI is InChI=1S/C19H19ClN2O2S/c1-24-17-7-6-12(10-14(17)20)21-19(23)16-11-18-15(8-9-25-18)22(16)13-4-2-3-5-13/h6-11,13H,2-5H2,1H3,(H,21,23). The first kappa shape index (κ1) is 16.5. The largest absolute Gasteiger partial charge is 0.495 e. The number of halogens is 1. The molecule has 3 aromatic rings. The van der Waals surface area contributed by atoms with Crippen molar-refractivity contribution in [2.45, 2.75) is 31.7 Å². The second kappa shape index (κ2) is 6.73. The maximum absolute atomic E-state index is 12.9. The summed E-state index contributed by atoms with van der Waals surface area (Å²) in [5, 5.41) is 5.53. The van der Waals surface area contributed by atoms with E-state index in [4.69, 9.17) is 16.3 Å². The molecule has 4 rings (SSSR count). The fourth-order valence-corrected chi connectivity index (χ4v) is 4.68. The van der Waals surface area contributed by atoms with Crippen LogP contribution >= 0.6 is 22.9 Å². The Morgan fingerprint density at radius 3 is 2.80 bits per heavy atom. The summed E-state index contributed by atoms with van der Waals surface area (Å²) < 4.78 is 8.54. The van der Waals surface area contributed by atoms with Gasteiger partial charge < -0.3 is 14.6 Å².